The second kappa shape index (κ2) is 8.86. The van der Waals surface area contributed by atoms with Gasteiger partial charge in [0.2, 0.25) is 0 Å². The quantitative estimate of drug-likeness (QED) is 0.396. The molecule has 40 valence electrons. The Morgan fingerprint density at radius 3 is 2.17 bits per heavy atom. The van der Waals surface area contributed by atoms with Gasteiger partial charge in [0.15, 0.2) is 0 Å². The van der Waals surface area contributed by atoms with Crippen LogP contribution in [0.2, 0.25) is 0 Å². The molecule has 0 bridgehead atoms. The van der Waals surface area contributed by atoms with Gasteiger partial charge in [-0.15, -0.1) is 0 Å². The molecule has 0 radical (unpaired) electrons. The minimum Gasteiger partial charge on any atom is -0.344 e. The van der Waals surface area contributed by atoms with Crippen LogP contribution < -0.4 is 6.15 Å². The van der Waals surface area contributed by atoms with E-state index in [0.717, 1.165) is 6.42 Å². The summed E-state index contributed by atoms with van der Waals surface area (Å²) in [4.78, 5) is 3.69. The Labute approximate surface area is 37.4 Å². The molecule has 0 saturated heterocycles. The Hall–Kier alpha value is -0.120. The minimum atomic E-state index is 0. The van der Waals surface area contributed by atoms with Crippen LogP contribution in [-0.4, -0.2) is 11.9 Å². The lowest BCUT2D eigenvalue weighted by Crippen LogP contribution is -1.81. The zero-order chi connectivity index (χ0) is 4.12. The summed E-state index contributed by atoms with van der Waals surface area (Å²) in [6.45, 7) is 2.37. The second-order valence-electron chi connectivity index (χ2n) is 0.833. The normalized spacial score (nSPS) is 7.00. The molecule has 3 nitrogen and oxygen atoms in total. The van der Waals surface area contributed by atoms with Gasteiger partial charge in [0.1, 0.15) is 0 Å². The summed E-state index contributed by atoms with van der Waals surface area (Å²) < 4.78 is 0. The first kappa shape index (κ1) is 9.30. The van der Waals surface area contributed by atoms with E-state index in [2.05, 4.69) is 4.89 Å². The third-order valence-corrected chi connectivity index (χ3v) is 0.295. The van der Waals surface area contributed by atoms with Gasteiger partial charge in [-0.25, -0.2) is 4.89 Å². The molecule has 0 rings (SSSR count). The molecule has 0 fully saturated rings. The number of hydrogen-bond donors (Lipinski definition) is 2. The van der Waals surface area contributed by atoms with Gasteiger partial charge in [0, 0.05) is 0 Å². The average molecular weight is 93.1 g/mol. The smallest absolute Gasteiger partial charge is 0.0817 e. The van der Waals surface area contributed by atoms with Crippen molar-refractivity contribution in [3.8, 4) is 0 Å². The first-order valence-electron chi connectivity index (χ1n) is 1.68. The van der Waals surface area contributed by atoms with Crippen molar-refractivity contribution in [3.63, 3.8) is 0 Å². The van der Waals surface area contributed by atoms with Crippen LogP contribution in [0.15, 0.2) is 0 Å². The van der Waals surface area contributed by atoms with E-state index in [1.807, 2.05) is 6.92 Å². The van der Waals surface area contributed by atoms with Crippen molar-refractivity contribution in [3.05, 3.63) is 0 Å². The first-order valence-corrected chi connectivity index (χ1v) is 1.68. The Morgan fingerprint density at radius 2 is 2.17 bits per heavy atom. The zero-order valence-electron chi connectivity index (χ0n) is 3.98. The third-order valence-electron chi connectivity index (χ3n) is 0.295. The van der Waals surface area contributed by atoms with Gasteiger partial charge in [0.25, 0.3) is 0 Å². The molecule has 0 amide bonds. The van der Waals surface area contributed by atoms with Crippen LogP contribution in [0.4, 0.5) is 0 Å². The molecule has 4 N–H and O–H groups in total. The Morgan fingerprint density at radius 1 is 1.67 bits per heavy atom. The lowest BCUT2D eigenvalue weighted by molar-refractivity contribution is -0.241. The summed E-state index contributed by atoms with van der Waals surface area (Å²) in [5.74, 6) is 0. The topological polar surface area (TPSA) is 64.5 Å². The summed E-state index contributed by atoms with van der Waals surface area (Å²) in [7, 11) is 0. The van der Waals surface area contributed by atoms with Gasteiger partial charge in [-0.1, -0.05) is 6.92 Å². The van der Waals surface area contributed by atoms with Crippen molar-refractivity contribution in [2.24, 2.45) is 0 Å². The van der Waals surface area contributed by atoms with Crippen LogP contribution in [0.1, 0.15) is 13.3 Å². The van der Waals surface area contributed by atoms with E-state index >= 15 is 0 Å². The van der Waals surface area contributed by atoms with Crippen LogP contribution in [-0.2, 0) is 4.89 Å². The maximum Gasteiger partial charge on any atom is 0.0817 e. The highest BCUT2D eigenvalue weighted by molar-refractivity contribution is 4.12. The van der Waals surface area contributed by atoms with Gasteiger partial charge in [0.05, 0.1) is 6.61 Å². The van der Waals surface area contributed by atoms with Crippen molar-refractivity contribution in [2.45, 2.75) is 13.3 Å². The molecular weight excluding hydrogens is 82.0 g/mol. The fourth-order valence-electron chi connectivity index (χ4n) is 0.0913. The van der Waals surface area contributed by atoms with E-state index in [1.165, 1.54) is 0 Å². The molecule has 0 heterocycles. The van der Waals surface area contributed by atoms with Crippen LogP contribution in [0.25, 0.3) is 0 Å². The van der Waals surface area contributed by atoms with Gasteiger partial charge < -0.3 is 6.15 Å². The fourth-order valence-corrected chi connectivity index (χ4v) is 0.0913. The second-order valence-corrected chi connectivity index (χ2v) is 0.833. The predicted molar refractivity (Wildman–Crippen MR) is 23.9 cm³/mol. The van der Waals surface area contributed by atoms with Crippen molar-refractivity contribution in [2.75, 3.05) is 6.61 Å². The van der Waals surface area contributed by atoms with E-state index in [9.17, 15) is 0 Å². The van der Waals surface area contributed by atoms with Crippen LogP contribution in [0, 0.1) is 0 Å². The molecule has 0 aliphatic rings. The standard InChI is InChI=1S/C3H8O2.H3N/c1-2-3-5-4;/h4H,2-3H2,1H3;1H3. The predicted octanol–water partition coefficient (Wildman–Crippen LogP) is 1.05. The van der Waals surface area contributed by atoms with Gasteiger partial charge in [-0.3, -0.25) is 5.26 Å². The van der Waals surface area contributed by atoms with Crippen molar-refractivity contribution < 1.29 is 10.1 Å². The number of hydrogen-bond acceptors (Lipinski definition) is 3. The van der Waals surface area contributed by atoms with E-state index in [0.29, 0.717) is 6.61 Å². The summed E-state index contributed by atoms with van der Waals surface area (Å²) in [5.41, 5.74) is 0. The average Bonchev–Trinajstić information content (AvgIpc) is 1.41. The SMILES string of the molecule is CCCOO.N. The Bertz CT molecular complexity index is 16.3. The molecule has 0 atom stereocenters. The lowest BCUT2D eigenvalue weighted by Gasteiger charge is -1.81. The van der Waals surface area contributed by atoms with Gasteiger partial charge in [-0.2, -0.15) is 0 Å². The summed E-state index contributed by atoms with van der Waals surface area (Å²) in [6, 6.07) is 0. The van der Waals surface area contributed by atoms with Crippen molar-refractivity contribution in [1.29, 1.82) is 0 Å². The maximum absolute atomic E-state index is 7.57. The number of rotatable bonds is 2. The van der Waals surface area contributed by atoms with E-state index < -0.39 is 0 Å². The van der Waals surface area contributed by atoms with E-state index in [-0.39, 0.29) is 6.15 Å². The van der Waals surface area contributed by atoms with Crippen molar-refractivity contribution >= 4 is 0 Å². The molecule has 0 aromatic heterocycles. The molecule has 0 aliphatic heterocycles. The van der Waals surface area contributed by atoms with Crippen molar-refractivity contribution in [1.82, 2.24) is 6.15 Å². The summed E-state index contributed by atoms with van der Waals surface area (Å²) in [6.07, 6.45) is 0.872. The molecule has 0 saturated carbocycles. The molecule has 0 aliphatic carbocycles. The first-order chi connectivity index (χ1) is 2.41. The summed E-state index contributed by atoms with van der Waals surface area (Å²) >= 11 is 0. The van der Waals surface area contributed by atoms with Gasteiger partial charge in [-0.05, 0) is 6.42 Å². The largest absolute Gasteiger partial charge is 0.344 e. The highest BCUT2D eigenvalue weighted by atomic mass is 17.1. The molecule has 0 unspecified atom stereocenters. The molecule has 3 heteroatoms. The fraction of sp³-hybridized carbons (Fsp3) is 1.00. The van der Waals surface area contributed by atoms with Crippen LogP contribution in [0.5, 0.6) is 0 Å². The molecular formula is C3H11NO2. The monoisotopic (exact) mass is 93.1 g/mol. The third kappa shape index (κ3) is 9.11. The lowest BCUT2D eigenvalue weighted by atomic mass is 10.5. The highest BCUT2D eigenvalue weighted by Gasteiger charge is 1.68. The Balaban J connectivity index is 0. The molecule has 0 aromatic carbocycles. The van der Waals surface area contributed by atoms with Crippen LogP contribution >= 0.6 is 0 Å². The molecule has 6 heavy (non-hydrogen) atoms. The molecule has 0 aromatic rings. The highest BCUT2D eigenvalue weighted by Crippen LogP contribution is 1.70. The molecule has 0 spiro atoms. The van der Waals surface area contributed by atoms with Crippen LogP contribution in [0.3, 0.4) is 0 Å². The zero-order valence-corrected chi connectivity index (χ0v) is 3.98. The minimum absolute atomic E-state index is 0. The summed E-state index contributed by atoms with van der Waals surface area (Å²) in [5, 5.41) is 7.57. The maximum atomic E-state index is 7.57. The van der Waals surface area contributed by atoms with E-state index in [1.54, 1.807) is 0 Å². The van der Waals surface area contributed by atoms with Gasteiger partial charge >= 0.3 is 0 Å². The Kier molecular flexibility index (Phi) is 13.7. The van der Waals surface area contributed by atoms with E-state index in [4.69, 9.17) is 5.26 Å².